The summed E-state index contributed by atoms with van der Waals surface area (Å²) in [5.74, 6) is 0.126. The van der Waals surface area contributed by atoms with Crippen molar-refractivity contribution >= 4 is 29.2 Å². The van der Waals surface area contributed by atoms with Crippen molar-refractivity contribution in [1.82, 2.24) is 4.31 Å². The van der Waals surface area contributed by atoms with Crippen LogP contribution in [0.4, 0.5) is 8.78 Å². The fraction of sp³-hybridized carbons (Fsp3) is 0.172. The van der Waals surface area contributed by atoms with Crippen molar-refractivity contribution in [1.29, 1.82) is 0 Å². The molecule has 0 aliphatic rings. The molecule has 0 amide bonds. The zero-order valence-electron chi connectivity index (χ0n) is 22.0. The molecule has 12 heteroatoms. The van der Waals surface area contributed by atoms with Gasteiger partial charge in [0.1, 0.15) is 10.6 Å². The maximum Gasteiger partial charge on any atom is 0.399 e. The molecule has 0 bridgehead atoms. The molecule has 0 unspecified atom stereocenters. The summed E-state index contributed by atoms with van der Waals surface area (Å²) in [6.07, 6.45) is 0. The lowest BCUT2D eigenvalue weighted by Crippen LogP contribution is -2.30. The minimum atomic E-state index is -5.85. The highest BCUT2D eigenvalue weighted by Gasteiger charge is 2.51. The van der Waals surface area contributed by atoms with Gasteiger partial charge >= 0.3 is 13.3 Å². The van der Waals surface area contributed by atoms with Crippen molar-refractivity contribution in [3.63, 3.8) is 0 Å². The Labute approximate surface area is 242 Å². The first kappa shape index (κ1) is 30.8. The maximum atomic E-state index is 14.3. The molecule has 7 nitrogen and oxygen atoms in total. The van der Waals surface area contributed by atoms with Crippen molar-refractivity contribution in [2.75, 3.05) is 7.11 Å². The zero-order valence-corrected chi connectivity index (χ0v) is 24.5. The van der Waals surface area contributed by atoms with Crippen molar-refractivity contribution < 1.29 is 36.3 Å². The average Bonchev–Trinajstić information content (AvgIpc) is 2.92. The number of ether oxygens (including phenoxy) is 1. The van der Waals surface area contributed by atoms with Gasteiger partial charge in [-0.1, -0.05) is 83.9 Å². The topological polar surface area (TPSA) is 104 Å². The number of nitrogens with zero attached hydrogens (tertiary/aromatic N) is 1. The first-order chi connectivity index (χ1) is 19.2. The number of benzene rings is 4. The predicted octanol–water partition coefficient (Wildman–Crippen LogP) is 6.94. The van der Waals surface area contributed by atoms with E-state index in [1.165, 1.54) is 19.2 Å². The Morgan fingerprint density at radius 2 is 1.51 bits per heavy atom. The number of hydrogen-bond acceptors (Lipinski definition) is 4. The van der Waals surface area contributed by atoms with Gasteiger partial charge in [0.2, 0.25) is 10.0 Å². The van der Waals surface area contributed by atoms with Crippen LogP contribution in [0.25, 0.3) is 11.1 Å². The van der Waals surface area contributed by atoms with Crippen LogP contribution < -0.4 is 4.74 Å². The van der Waals surface area contributed by atoms with E-state index in [0.717, 1.165) is 39.2 Å². The van der Waals surface area contributed by atoms with Gasteiger partial charge in [-0.2, -0.15) is 13.1 Å². The van der Waals surface area contributed by atoms with Crippen LogP contribution in [0.15, 0.2) is 95.9 Å². The largest absolute Gasteiger partial charge is 0.495 e. The van der Waals surface area contributed by atoms with E-state index in [1.54, 1.807) is 18.2 Å². The molecule has 0 aliphatic carbocycles. The number of hydrogen-bond donors (Lipinski definition) is 2. The number of para-hydroxylation sites is 1. The van der Waals surface area contributed by atoms with Crippen molar-refractivity contribution in [3.05, 3.63) is 118 Å². The fourth-order valence-electron chi connectivity index (χ4n) is 4.26. The van der Waals surface area contributed by atoms with Crippen LogP contribution in [-0.4, -0.2) is 29.6 Å². The van der Waals surface area contributed by atoms with Crippen molar-refractivity contribution in [2.45, 2.75) is 30.6 Å². The van der Waals surface area contributed by atoms with Gasteiger partial charge in [-0.15, -0.1) is 0 Å². The quantitative estimate of drug-likeness (QED) is 0.186. The summed E-state index contributed by atoms with van der Waals surface area (Å²) in [6, 6.07) is 24.4. The standard InChI is InChI=1S/C29H27ClF2NO6PS/c1-20-10-13-23(14-11-20)24-7-5-6-21(16-24)18-33(41(37,38)28-9-4-3-8-27(28)39-2)19-22-12-15-25(26(30)17-22)29(31,32)40(34,35)36/h3-17H,18-19H2,1-2H3,(H2,34,35,36). The molecule has 0 fully saturated rings. The number of alkyl halides is 2. The SMILES string of the molecule is COc1ccccc1S(=O)(=O)N(Cc1cccc(-c2ccc(C)cc2)c1)Cc1ccc(C(F)(F)P(=O)(O)O)c(Cl)c1. The molecule has 0 saturated heterocycles. The molecule has 0 radical (unpaired) electrons. The highest BCUT2D eigenvalue weighted by Crippen LogP contribution is 2.60. The number of methoxy groups -OCH3 is 1. The fourth-order valence-corrected chi connectivity index (χ4v) is 6.73. The summed E-state index contributed by atoms with van der Waals surface area (Å²) in [5, 5.41) is -0.605. The summed E-state index contributed by atoms with van der Waals surface area (Å²) in [7, 11) is -8.71. The molecule has 0 aromatic heterocycles. The molecular weight excluding hydrogens is 595 g/mol. The molecule has 4 aromatic carbocycles. The van der Waals surface area contributed by atoms with E-state index in [4.69, 9.17) is 26.1 Å². The van der Waals surface area contributed by atoms with Gasteiger partial charge in [0, 0.05) is 13.1 Å². The van der Waals surface area contributed by atoms with Gasteiger partial charge < -0.3 is 14.5 Å². The molecule has 41 heavy (non-hydrogen) atoms. The predicted molar refractivity (Wildman–Crippen MR) is 153 cm³/mol. The van der Waals surface area contributed by atoms with Gasteiger partial charge in [0.05, 0.1) is 17.7 Å². The Bertz CT molecular complexity index is 1710. The first-order valence-corrected chi connectivity index (χ1v) is 15.7. The Morgan fingerprint density at radius 1 is 0.878 bits per heavy atom. The number of sulfonamides is 1. The molecule has 0 aliphatic heterocycles. The second kappa shape index (κ2) is 12.0. The lowest BCUT2D eigenvalue weighted by atomic mass is 10.0. The Morgan fingerprint density at radius 3 is 2.12 bits per heavy atom. The number of rotatable bonds is 10. The van der Waals surface area contributed by atoms with Gasteiger partial charge in [-0.05, 0) is 53.4 Å². The average molecular weight is 622 g/mol. The van der Waals surface area contributed by atoms with E-state index in [9.17, 15) is 21.8 Å². The second-order valence-corrected chi connectivity index (χ2v) is 13.4. The van der Waals surface area contributed by atoms with Crippen LogP contribution >= 0.6 is 19.2 Å². The normalized spacial score (nSPS) is 12.5. The lowest BCUT2D eigenvalue weighted by Gasteiger charge is -2.25. The summed E-state index contributed by atoms with van der Waals surface area (Å²) >= 11 is 6.03. The minimum absolute atomic E-state index is 0.0852. The Balaban J connectivity index is 1.75. The molecule has 2 N–H and O–H groups in total. The molecule has 216 valence electrons. The Hall–Kier alpha value is -3.11. The van der Waals surface area contributed by atoms with E-state index in [0.29, 0.717) is 5.56 Å². The summed E-state index contributed by atoms with van der Waals surface area (Å²) in [6.45, 7) is 1.61. The molecular formula is C29H27ClF2NO6PS. The van der Waals surface area contributed by atoms with Crippen LogP contribution in [0.3, 0.4) is 0 Å². The highest BCUT2D eigenvalue weighted by molar-refractivity contribution is 7.89. The third kappa shape index (κ3) is 6.70. The molecule has 0 atom stereocenters. The van der Waals surface area contributed by atoms with E-state index in [2.05, 4.69) is 0 Å². The summed E-state index contributed by atoms with van der Waals surface area (Å²) in [4.78, 5) is 18.1. The van der Waals surface area contributed by atoms with Crippen LogP contribution in [0, 0.1) is 6.92 Å². The van der Waals surface area contributed by atoms with Gasteiger partial charge in [0.15, 0.2) is 0 Å². The van der Waals surface area contributed by atoms with Crippen molar-refractivity contribution in [3.8, 4) is 16.9 Å². The minimum Gasteiger partial charge on any atom is -0.495 e. The molecule has 0 heterocycles. The number of halogens is 3. The van der Waals surface area contributed by atoms with E-state index >= 15 is 0 Å². The monoisotopic (exact) mass is 621 g/mol. The molecule has 4 rings (SSSR count). The first-order valence-electron chi connectivity index (χ1n) is 12.3. The van der Waals surface area contributed by atoms with Gasteiger partial charge in [-0.25, -0.2) is 8.42 Å². The van der Waals surface area contributed by atoms with Crippen molar-refractivity contribution in [2.24, 2.45) is 0 Å². The van der Waals surface area contributed by atoms with Crippen LogP contribution in [-0.2, 0) is 33.3 Å². The number of aryl methyl sites for hydroxylation is 1. The van der Waals surface area contributed by atoms with E-state index < -0.39 is 33.9 Å². The van der Waals surface area contributed by atoms with Crippen LogP contribution in [0.1, 0.15) is 22.3 Å². The van der Waals surface area contributed by atoms with Crippen LogP contribution in [0.5, 0.6) is 5.75 Å². The lowest BCUT2D eigenvalue weighted by molar-refractivity contribution is 0.0565. The Kier molecular flexibility index (Phi) is 9.04. The molecule has 0 saturated carbocycles. The van der Waals surface area contributed by atoms with E-state index in [1.807, 2.05) is 49.4 Å². The third-order valence-electron chi connectivity index (χ3n) is 6.44. The maximum absolute atomic E-state index is 14.3. The van der Waals surface area contributed by atoms with E-state index in [-0.39, 0.29) is 29.3 Å². The zero-order chi connectivity index (χ0) is 30.0. The van der Waals surface area contributed by atoms with Crippen LogP contribution in [0.2, 0.25) is 5.02 Å². The molecule has 4 aromatic rings. The third-order valence-corrected chi connectivity index (χ3v) is 9.56. The molecule has 0 spiro atoms. The second-order valence-electron chi connectivity index (χ2n) is 9.39. The summed E-state index contributed by atoms with van der Waals surface area (Å²) in [5.41, 5.74) is -1.74. The smallest absolute Gasteiger partial charge is 0.399 e. The highest BCUT2D eigenvalue weighted by atomic mass is 35.5. The summed E-state index contributed by atoms with van der Waals surface area (Å²) < 4.78 is 74.4. The van der Waals surface area contributed by atoms with Gasteiger partial charge in [-0.3, -0.25) is 4.57 Å². The van der Waals surface area contributed by atoms with Gasteiger partial charge in [0.25, 0.3) is 0 Å².